The maximum Gasteiger partial charge on any atom is 0.277 e. The minimum Gasteiger partial charge on any atom is -0.507 e. The van der Waals surface area contributed by atoms with Crippen LogP contribution in [0.3, 0.4) is 0 Å². The Hall–Kier alpha value is -2.12. The summed E-state index contributed by atoms with van der Waals surface area (Å²) in [6.07, 6.45) is 1.60. The quantitative estimate of drug-likeness (QED) is 0.395. The van der Waals surface area contributed by atoms with Crippen LogP contribution in [0.2, 0.25) is 0 Å². The van der Waals surface area contributed by atoms with E-state index in [0.29, 0.717) is 16.1 Å². The van der Waals surface area contributed by atoms with E-state index in [9.17, 15) is 9.90 Å². The van der Waals surface area contributed by atoms with Crippen LogP contribution in [0.4, 0.5) is 0 Å². The van der Waals surface area contributed by atoms with Gasteiger partial charge in [-0.1, -0.05) is 39.8 Å². The van der Waals surface area contributed by atoms with Gasteiger partial charge in [-0.3, -0.25) is 4.79 Å². The maximum atomic E-state index is 12.1. The van der Waals surface area contributed by atoms with Crippen molar-refractivity contribution in [1.29, 1.82) is 0 Å². The zero-order valence-corrected chi connectivity index (χ0v) is 20.1. The van der Waals surface area contributed by atoms with Crippen LogP contribution in [0, 0.1) is 0 Å². The summed E-state index contributed by atoms with van der Waals surface area (Å²) in [6, 6.07) is 11.7. The standard InChI is InChI=1S/C24H30N2O3S2/c1-15(2)20-11-17(12-21(16(3)4)23(20)28)13-25-26-22(27)14-29-19-7-5-18(6-8-19)24-30-9-10-31-24/h5-8,11-13,15-16,24,28H,9-10,14H2,1-4H3,(H,26,27)/b25-13-. The van der Waals surface area contributed by atoms with Gasteiger partial charge in [-0.15, -0.1) is 23.5 Å². The van der Waals surface area contributed by atoms with Gasteiger partial charge >= 0.3 is 0 Å². The van der Waals surface area contributed by atoms with Gasteiger partial charge in [0.25, 0.3) is 5.91 Å². The lowest BCUT2D eigenvalue weighted by atomic mass is 9.92. The average molecular weight is 459 g/mol. The predicted octanol–water partition coefficient (Wildman–Crippen LogP) is 5.65. The van der Waals surface area contributed by atoms with Crippen LogP contribution >= 0.6 is 23.5 Å². The molecule has 0 saturated carbocycles. The first-order valence-corrected chi connectivity index (χ1v) is 12.6. The summed E-state index contributed by atoms with van der Waals surface area (Å²) >= 11 is 3.92. The van der Waals surface area contributed by atoms with Gasteiger partial charge in [0.05, 0.1) is 10.8 Å². The Morgan fingerprint density at radius 2 is 1.71 bits per heavy atom. The molecule has 166 valence electrons. The van der Waals surface area contributed by atoms with E-state index in [4.69, 9.17) is 4.74 Å². The molecule has 0 spiro atoms. The van der Waals surface area contributed by atoms with E-state index in [0.717, 1.165) is 16.7 Å². The average Bonchev–Trinajstić information content (AvgIpc) is 3.28. The van der Waals surface area contributed by atoms with Crippen molar-refractivity contribution >= 4 is 35.6 Å². The van der Waals surface area contributed by atoms with Crippen molar-refractivity contribution in [2.45, 2.75) is 44.1 Å². The number of hydrogen-bond donors (Lipinski definition) is 2. The normalized spacial score (nSPS) is 14.6. The first kappa shape index (κ1) is 23.5. The molecule has 0 aliphatic carbocycles. The second kappa shape index (κ2) is 11.0. The summed E-state index contributed by atoms with van der Waals surface area (Å²) in [5.74, 6) is 3.44. The molecule has 3 rings (SSSR count). The molecule has 5 nitrogen and oxygen atoms in total. The summed E-state index contributed by atoms with van der Waals surface area (Å²) in [5.41, 5.74) is 6.38. The third kappa shape index (κ3) is 6.43. The fraction of sp³-hybridized carbons (Fsp3) is 0.417. The van der Waals surface area contributed by atoms with Crippen LogP contribution in [0.25, 0.3) is 0 Å². The Balaban J connectivity index is 1.54. The number of ether oxygens (including phenoxy) is 1. The molecule has 1 saturated heterocycles. The van der Waals surface area contributed by atoms with E-state index in [-0.39, 0.29) is 24.3 Å². The fourth-order valence-corrected chi connectivity index (χ4v) is 6.15. The SMILES string of the molecule is CC(C)c1cc(/C=N\NC(=O)COc2ccc(C3SCCS3)cc2)cc(C(C)C)c1O. The molecule has 1 aliphatic rings. The molecular formula is C24H30N2O3S2. The molecule has 0 atom stereocenters. The first-order valence-electron chi connectivity index (χ1n) is 10.5. The Bertz CT molecular complexity index is 892. The van der Waals surface area contributed by atoms with Crippen LogP contribution in [-0.2, 0) is 4.79 Å². The molecule has 0 unspecified atom stereocenters. The summed E-state index contributed by atoms with van der Waals surface area (Å²) in [7, 11) is 0. The lowest BCUT2D eigenvalue weighted by molar-refractivity contribution is -0.123. The van der Waals surface area contributed by atoms with Crippen LogP contribution in [-0.4, -0.2) is 35.3 Å². The van der Waals surface area contributed by atoms with Crippen molar-refractivity contribution in [3.8, 4) is 11.5 Å². The highest BCUT2D eigenvalue weighted by molar-refractivity contribution is 8.19. The van der Waals surface area contributed by atoms with E-state index >= 15 is 0 Å². The number of aromatic hydroxyl groups is 1. The van der Waals surface area contributed by atoms with Crippen LogP contribution < -0.4 is 10.2 Å². The molecule has 2 N–H and O–H groups in total. The van der Waals surface area contributed by atoms with E-state index in [2.05, 4.69) is 22.7 Å². The van der Waals surface area contributed by atoms with Crippen molar-refractivity contribution in [3.63, 3.8) is 0 Å². The highest BCUT2D eigenvalue weighted by atomic mass is 32.2. The second-order valence-electron chi connectivity index (χ2n) is 8.08. The number of benzene rings is 2. The Labute approximate surface area is 193 Å². The largest absolute Gasteiger partial charge is 0.507 e. The van der Waals surface area contributed by atoms with Crippen molar-refractivity contribution in [2.24, 2.45) is 5.10 Å². The zero-order valence-electron chi connectivity index (χ0n) is 18.4. The monoisotopic (exact) mass is 458 g/mol. The van der Waals surface area contributed by atoms with Crippen molar-refractivity contribution in [1.82, 2.24) is 5.43 Å². The van der Waals surface area contributed by atoms with Crippen molar-refractivity contribution in [2.75, 3.05) is 18.1 Å². The number of phenols is 1. The van der Waals surface area contributed by atoms with E-state index in [1.54, 1.807) is 6.21 Å². The fourth-order valence-electron chi connectivity index (χ4n) is 3.29. The Morgan fingerprint density at radius 3 is 2.26 bits per heavy atom. The lowest BCUT2D eigenvalue weighted by Crippen LogP contribution is -2.24. The van der Waals surface area contributed by atoms with Gasteiger partial charge < -0.3 is 9.84 Å². The molecule has 2 aromatic rings. The number of phenolic OH excluding ortho intramolecular Hbond substituents is 1. The summed E-state index contributed by atoms with van der Waals surface area (Å²) in [4.78, 5) is 12.1. The third-order valence-corrected chi connectivity index (χ3v) is 8.09. The summed E-state index contributed by atoms with van der Waals surface area (Å²) in [6.45, 7) is 8.05. The van der Waals surface area contributed by atoms with Gasteiger partial charge in [-0.2, -0.15) is 5.10 Å². The predicted molar refractivity (Wildman–Crippen MR) is 132 cm³/mol. The van der Waals surface area contributed by atoms with Crippen LogP contribution in [0.1, 0.15) is 66.4 Å². The Morgan fingerprint density at radius 1 is 1.13 bits per heavy atom. The lowest BCUT2D eigenvalue weighted by Gasteiger charge is -2.16. The number of carbonyl (C=O) groups is 1. The number of hydrogen-bond acceptors (Lipinski definition) is 6. The molecule has 0 aromatic heterocycles. The van der Waals surface area contributed by atoms with Gasteiger partial charge in [0.2, 0.25) is 0 Å². The molecule has 7 heteroatoms. The first-order chi connectivity index (χ1) is 14.8. The summed E-state index contributed by atoms with van der Waals surface area (Å²) < 4.78 is 6.07. The maximum absolute atomic E-state index is 12.1. The zero-order chi connectivity index (χ0) is 22.4. The van der Waals surface area contributed by atoms with Crippen molar-refractivity contribution in [3.05, 3.63) is 58.7 Å². The minimum atomic E-state index is -0.325. The number of nitrogens with one attached hydrogen (secondary N) is 1. The van der Waals surface area contributed by atoms with Gasteiger partial charge in [-0.05, 0) is 58.4 Å². The molecule has 2 aromatic carbocycles. The van der Waals surface area contributed by atoms with Crippen molar-refractivity contribution < 1.29 is 14.6 Å². The van der Waals surface area contributed by atoms with Crippen LogP contribution in [0.15, 0.2) is 41.5 Å². The molecule has 1 amide bonds. The number of rotatable bonds is 8. The highest BCUT2D eigenvalue weighted by Gasteiger charge is 2.18. The number of carbonyl (C=O) groups excluding carboxylic acids is 1. The van der Waals surface area contributed by atoms with Crippen LogP contribution in [0.5, 0.6) is 11.5 Å². The number of amides is 1. The van der Waals surface area contributed by atoms with Gasteiger partial charge in [0.1, 0.15) is 11.5 Å². The minimum absolute atomic E-state index is 0.103. The molecule has 0 bridgehead atoms. The van der Waals surface area contributed by atoms with E-state index in [1.165, 1.54) is 17.1 Å². The smallest absolute Gasteiger partial charge is 0.277 e. The van der Waals surface area contributed by atoms with E-state index in [1.807, 2.05) is 75.5 Å². The third-order valence-electron chi connectivity index (χ3n) is 4.98. The molecule has 1 aliphatic heterocycles. The molecule has 1 heterocycles. The second-order valence-corrected chi connectivity index (χ2v) is 10.8. The molecular weight excluding hydrogens is 428 g/mol. The van der Waals surface area contributed by atoms with Gasteiger partial charge in [0.15, 0.2) is 6.61 Å². The topological polar surface area (TPSA) is 70.9 Å². The molecule has 31 heavy (non-hydrogen) atoms. The summed E-state index contributed by atoms with van der Waals surface area (Å²) in [5, 5.41) is 14.6. The molecule has 0 radical (unpaired) electrons. The Kier molecular flexibility index (Phi) is 8.32. The molecule has 1 fully saturated rings. The number of thioether (sulfide) groups is 2. The van der Waals surface area contributed by atoms with Gasteiger partial charge in [0, 0.05) is 11.5 Å². The highest BCUT2D eigenvalue weighted by Crippen LogP contribution is 2.45. The van der Waals surface area contributed by atoms with E-state index < -0.39 is 0 Å². The van der Waals surface area contributed by atoms with Gasteiger partial charge in [-0.25, -0.2) is 5.43 Å². The number of nitrogens with zero attached hydrogens (tertiary/aromatic N) is 1. The number of hydrazone groups is 1.